The van der Waals surface area contributed by atoms with Gasteiger partial charge in [-0.05, 0) is 19.8 Å². The van der Waals surface area contributed by atoms with Crippen molar-refractivity contribution in [2.24, 2.45) is 0 Å². The summed E-state index contributed by atoms with van der Waals surface area (Å²) in [5.74, 6) is 0.647. The van der Waals surface area contributed by atoms with Crippen molar-refractivity contribution in [3.63, 3.8) is 0 Å². The second-order valence-electron chi connectivity index (χ2n) is 4.96. The van der Waals surface area contributed by atoms with Crippen molar-refractivity contribution in [3.8, 4) is 0 Å². The number of carbonyl (C=O) groups is 1. The summed E-state index contributed by atoms with van der Waals surface area (Å²) < 4.78 is 7.17. The Hall–Kier alpha value is -1.73. The first kappa shape index (κ1) is 14.2. The second-order valence-corrected chi connectivity index (χ2v) is 5.81. The number of hydrogen-bond donors (Lipinski definition) is 1. The van der Waals surface area contributed by atoms with Gasteiger partial charge < -0.3 is 9.30 Å². The van der Waals surface area contributed by atoms with Crippen LogP contribution in [0.25, 0.3) is 0 Å². The molecular formula is C14H18N4O2S. The molecular weight excluding hydrogens is 288 g/mol. The summed E-state index contributed by atoms with van der Waals surface area (Å²) in [6.07, 6.45) is 5.42. The molecule has 1 N–H and O–H groups in total. The normalized spacial score (nSPS) is 16.0. The van der Waals surface area contributed by atoms with Gasteiger partial charge in [-0.25, -0.2) is 9.97 Å². The van der Waals surface area contributed by atoms with Gasteiger partial charge in [0.25, 0.3) is 5.91 Å². The molecule has 0 atom stereocenters. The lowest BCUT2D eigenvalue weighted by Gasteiger charge is -2.19. The van der Waals surface area contributed by atoms with E-state index in [1.807, 2.05) is 16.9 Å². The molecule has 0 bridgehead atoms. The van der Waals surface area contributed by atoms with Gasteiger partial charge in [0.15, 0.2) is 11.0 Å². The fourth-order valence-electron chi connectivity index (χ4n) is 2.45. The standard InChI is InChI=1S/C14H18N4O2S/c1-2-18-6-5-15-12(18)13(19)17-14-16-11(9-21-14)10-3-7-20-8-4-10/h5-6,9-10H,2-4,7-8H2,1H3,(H,16,17,19). The number of rotatable bonds is 4. The third-order valence-electron chi connectivity index (χ3n) is 3.64. The number of aromatic nitrogens is 3. The van der Waals surface area contributed by atoms with Crippen LogP contribution in [0.15, 0.2) is 17.8 Å². The Kier molecular flexibility index (Phi) is 4.31. The largest absolute Gasteiger partial charge is 0.381 e. The average molecular weight is 306 g/mol. The number of thiazole rings is 1. The van der Waals surface area contributed by atoms with Crippen molar-refractivity contribution < 1.29 is 9.53 Å². The van der Waals surface area contributed by atoms with Gasteiger partial charge in [0.1, 0.15) is 0 Å². The number of hydrogen-bond acceptors (Lipinski definition) is 5. The van der Waals surface area contributed by atoms with Gasteiger partial charge in [0.2, 0.25) is 0 Å². The zero-order valence-electron chi connectivity index (χ0n) is 11.9. The summed E-state index contributed by atoms with van der Waals surface area (Å²) in [6, 6.07) is 0. The molecule has 1 aliphatic heterocycles. The van der Waals surface area contributed by atoms with Crippen LogP contribution in [-0.4, -0.2) is 33.7 Å². The molecule has 1 aliphatic rings. The van der Waals surface area contributed by atoms with E-state index in [-0.39, 0.29) is 5.91 Å². The molecule has 0 spiro atoms. The molecule has 21 heavy (non-hydrogen) atoms. The van der Waals surface area contributed by atoms with Crippen LogP contribution in [0.2, 0.25) is 0 Å². The number of amides is 1. The van der Waals surface area contributed by atoms with Crippen molar-refractivity contribution in [1.82, 2.24) is 14.5 Å². The van der Waals surface area contributed by atoms with Gasteiger partial charge in [-0.3, -0.25) is 10.1 Å². The highest BCUT2D eigenvalue weighted by Gasteiger charge is 2.20. The van der Waals surface area contributed by atoms with Crippen LogP contribution >= 0.6 is 11.3 Å². The summed E-state index contributed by atoms with van der Waals surface area (Å²) in [7, 11) is 0. The van der Waals surface area contributed by atoms with Crippen molar-refractivity contribution in [3.05, 3.63) is 29.3 Å². The first-order chi connectivity index (χ1) is 10.3. The first-order valence-corrected chi connectivity index (χ1v) is 8.01. The number of nitrogens with zero attached hydrogens (tertiary/aromatic N) is 3. The van der Waals surface area contributed by atoms with Crippen molar-refractivity contribution in [1.29, 1.82) is 0 Å². The van der Waals surface area contributed by atoms with E-state index in [4.69, 9.17) is 4.74 Å². The molecule has 0 unspecified atom stereocenters. The predicted molar refractivity (Wildman–Crippen MR) is 80.8 cm³/mol. The second kappa shape index (κ2) is 6.36. The maximum absolute atomic E-state index is 12.2. The lowest BCUT2D eigenvalue weighted by molar-refractivity contribution is 0.0846. The number of imidazole rings is 1. The van der Waals surface area contributed by atoms with E-state index in [1.165, 1.54) is 11.3 Å². The Morgan fingerprint density at radius 1 is 1.52 bits per heavy atom. The minimum absolute atomic E-state index is 0.213. The molecule has 3 rings (SSSR count). The molecule has 1 saturated heterocycles. The van der Waals surface area contributed by atoms with E-state index in [1.54, 1.807) is 12.4 Å². The van der Waals surface area contributed by atoms with Crippen LogP contribution in [0.5, 0.6) is 0 Å². The molecule has 6 nitrogen and oxygen atoms in total. The van der Waals surface area contributed by atoms with Gasteiger partial charge in [0, 0.05) is 43.5 Å². The van der Waals surface area contributed by atoms with Crippen LogP contribution in [0.3, 0.4) is 0 Å². The molecule has 0 aromatic carbocycles. The van der Waals surface area contributed by atoms with Crippen LogP contribution in [-0.2, 0) is 11.3 Å². The van der Waals surface area contributed by atoms with Crippen LogP contribution in [0.4, 0.5) is 5.13 Å². The monoisotopic (exact) mass is 306 g/mol. The summed E-state index contributed by atoms with van der Waals surface area (Å²) in [4.78, 5) is 20.8. The van der Waals surface area contributed by atoms with Crippen LogP contribution < -0.4 is 5.32 Å². The van der Waals surface area contributed by atoms with Crippen molar-refractivity contribution >= 4 is 22.4 Å². The van der Waals surface area contributed by atoms with Gasteiger partial charge >= 0.3 is 0 Å². The highest BCUT2D eigenvalue weighted by atomic mass is 32.1. The Balaban J connectivity index is 1.68. The Morgan fingerprint density at radius 2 is 2.33 bits per heavy atom. The molecule has 2 aromatic heterocycles. The lowest BCUT2D eigenvalue weighted by atomic mass is 9.98. The predicted octanol–water partition coefficient (Wildman–Crippen LogP) is 2.51. The molecule has 1 amide bonds. The average Bonchev–Trinajstić information content (AvgIpc) is 3.16. The van der Waals surface area contributed by atoms with E-state index in [0.717, 1.165) is 31.7 Å². The third-order valence-corrected chi connectivity index (χ3v) is 4.42. The molecule has 0 radical (unpaired) electrons. The van der Waals surface area contributed by atoms with E-state index >= 15 is 0 Å². The van der Waals surface area contributed by atoms with Gasteiger partial charge in [-0.2, -0.15) is 0 Å². The van der Waals surface area contributed by atoms with Gasteiger partial charge in [-0.15, -0.1) is 11.3 Å². The highest BCUT2D eigenvalue weighted by molar-refractivity contribution is 7.14. The van der Waals surface area contributed by atoms with Crippen LogP contribution in [0.1, 0.15) is 42.0 Å². The molecule has 112 valence electrons. The van der Waals surface area contributed by atoms with Crippen molar-refractivity contribution in [2.75, 3.05) is 18.5 Å². The topological polar surface area (TPSA) is 69.0 Å². The van der Waals surface area contributed by atoms with Gasteiger partial charge in [0.05, 0.1) is 5.69 Å². The molecule has 3 heterocycles. The van der Waals surface area contributed by atoms with E-state index in [0.29, 0.717) is 23.4 Å². The lowest BCUT2D eigenvalue weighted by Crippen LogP contribution is -2.18. The zero-order valence-corrected chi connectivity index (χ0v) is 12.7. The Morgan fingerprint density at radius 3 is 3.10 bits per heavy atom. The maximum atomic E-state index is 12.2. The molecule has 1 fully saturated rings. The molecule has 0 saturated carbocycles. The minimum Gasteiger partial charge on any atom is -0.381 e. The first-order valence-electron chi connectivity index (χ1n) is 7.13. The fraction of sp³-hybridized carbons (Fsp3) is 0.500. The molecule has 2 aromatic rings. The summed E-state index contributed by atoms with van der Waals surface area (Å²) in [5.41, 5.74) is 1.05. The number of anilines is 1. The summed E-state index contributed by atoms with van der Waals surface area (Å²) in [5, 5.41) is 5.49. The van der Waals surface area contributed by atoms with Crippen molar-refractivity contribution in [2.45, 2.75) is 32.2 Å². The van der Waals surface area contributed by atoms with E-state index in [9.17, 15) is 4.79 Å². The number of aryl methyl sites for hydroxylation is 1. The molecule has 7 heteroatoms. The number of ether oxygens (including phenoxy) is 1. The smallest absolute Gasteiger partial charge is 0.293 e. The Labute approximate surface area is 127 Å². The maximum Gasteiger partial charge on any atom is 0.293 e. The quantitative estimate of drug-likeness (QED) is 0.942. The van der Waals surface area contributed by atoms with Crippen LogP contribution in [0, 0.1) is 0 Å². The highest BCUT2D eigenvalue weighted by Crippen LogP contribution is 2.29. The fourth-order valence-corrected chi connectivity index (χ4v) is 3.24. The minimum atomic E-state index is -0.213. The molecule has 0 aliphatic carbocycles. The summed E-state index contributed by atoms with van der Waals surface area (Å²) >= 11 is 1.46. The Bertz CT molecular complexity index is 616. The van der Waals surface area contributed by atoms with Gasteiger partial charge in [-0.1, -0.05) is 0 Å². The SMILES string of the molecule is CCn1ccnc1C(=O)Nc1nc(C2CCOCC2)cs1. The third kappa shape index (κ3) is 3.14. The zero-order chi connectivity index (χ0) is 14.7. The van der Waals surface area contributed by atoms with E-state index < -0.39 is 0 Å². The summed E-state index contributed by atoms with van der Waals surface area (Å²) in [6.45, 7) is 4.27. The van der Waals surface area contributed by atoms with E-state index in [2.05, 4.69) is 15.3 Å². The number of carbonyl (C=O) groups excluding carboxylic acids is 1. The number of nitrogens with one attached hydrogen (secondary N) is 1.